The number of nitrogens with zero attached hydrogens (tertiary/aromatic N) is 1. The Bertz CT molecular complexity index is 882. The lowest BCUT2D eigenvalue weighted by atomic mass is 9.32. The zero-order valence-electron chi connectivity index (χ0n) is 22.8. The van der Waals surface area contributed by atoms with Gasteiger partial charge in [-0.3, -0.25) is 4.79 Å². The second-order valence-corrected chi connectivity index (χ2v) is 15.1. The molecule has 0 radical (unpaired) electrons. The van der Waals surface area contributed by atoms with Crippen molar-refractivity contribution in [3.63, 3.8) is 0 Å². The number of carbonyl (C=O) groups excluding carboxylic acids is 1. The van der Waals surface area contributed by atoms with E-state index in [9.17, 15) is 10.1 Å². The van der Waals surface area contributed by atoms with Crippen LogP contribution in [0.5, 0.6) is 0 Å². The van der Waals surface area contributed by atoms with E-state index < -0.39 is 0 Å². The highest BCUT2D eigenvalue weighted by Crippen LogP contribution is 2.77. The summed E-state index contributed by atoms with van der Waals surface area (Å²) in [5, 5.41) is 10.4. The zero-order chi connectivity index (χ0) is 24.2. The average Bonchev–Trinajstić information content (AvgIpc) is 3.13. The van der Waals surface area contributed by atoms with Gasteiger partial charge in [0.05, 0.1) is 11.5 Å². The lowest BCUT2D eigenvalue weighted by Gasteiger charge is -2.72. The second kappa shape index (κ2) is 7.11. The van der Waals surface area contributed by atoms with Crippen LogP contribution < -0.4 is 0 Å². The monoisotopic (exact) mass is 451 g/mol. The molecule has 0 aromatic rings. The molecule has 33 heavy (non-hydrogen) atoms. The first-order valence-corrected chi connectivity index (χ1v) is 14.2. The molecule has 0 amide bonds. The molecule has 0 aromatic carbocycles. The fourth-order valence-electron chi connectivity index (χ4n) is 12.0. The van der Waals surface area contributed by atoms with Crippen LogP contribution >= 0.6 is 0 Å². The number of hydrogen-bond donors (Lipinski definition) is 0. The molecule has 2 nitrogen and oxygen atoms in total. The predicted octanol–water partition coefficient (Wildman–Crippen LogP) is 8.06. The molecule has 5 aliphatic rings. The van der Waals surface area contributed by atoms with E-state index in [-0.39, 0.29) is 22.2 Å². The van der Waals surface area contributed by atoms with E-state index in [0.29, 0.717) is 52.1 Å². The summed E-state index contributed by atoms with van der Waals surface area (Å²) < 4.78 is 0. The summed E-state index contributed by atoms with van der Waals surface area (Å²) in [6.45, 7) is 19.5. The van der Waals surface area contributed by atoms with Crippen LogP contribution in [0.25, 0.3) is 0 Å². The predicted molar refractivity (Wildman–Crippen MR) is 134 cm³/mol. The third-order valence-corrected chi connectivity index (χ3v) is 13.5. The van der Waals surface area contributed by atoms with E-state index in [1.165, 1.54) is 38.5 Å². The topological polar surface area (TPSA) is 40.9 Å². The van der Waals surface area contributed by atoms with Crippen LogP contribution in [-0.2, 0) is 4.79 Å². The summed E-state index contributed by atoms with van der Waals surface area (Å²) in [5.74, 6) is 4.59. The Morgan fingerprint density at radius 2 is 1.58 bits per heavy atom. The molecule has 0 spiro atoms. The number of rotatable bonds is 1. The molecule has 184 valence electrons. The van der Waals surface area contributed by atoms with Crippen LogP contribution in [0, 0.1) is 79.8 Å². The summed E-state index contributed by atoms with van der Waals surface area (Å²) in [4.78, 5) is 13.2. The van der Waals surface area contributed by atoms with E-state index in [1.807, 2.05) is 0 Å². The van der Waals surface area contributed by atoms with E-state index >= 15 is 0 Å². The molecule has 0 N–H and O–H groups in total. The number of nitriles is 1. The van der Waals surface area contributed by atoms with Crippen LogP contribution in [0.4, 0.5) is 0 Å². The highest BCUT2D eigenvalue weighted by atomic mass is 16.1. The van der Waals surface area contributed by atoms with Crippen LogP contribution in [0.3, 0.4) is 0 Å². The van der Waals surface area contributed by atoms with Gasteiger partial charge in [-0.15, -0.1) is 0 Å². The molecular formula is C31H49NO. The SMILES string of the molecule is CC(C)[C@@H]1CC[C@]2(C#N)CC[C@]3(C)[C@H](CC[C@H]4[C@]5(C)C[C@@H](C)C(=O)C(C)(C)[C@H]5CC[C@]43C)[C@H]12. The molecule has 5 saturated carbocycles. The molecule has 0 bridgehead atoms. The zero-order valence-corrected chi connectivity index (χ0v) is 22.8. The van der Waals surface area contributed by atoms with Gasteiger partial charge in [-0.05, 0) is 110 Å². The van der Waals surface area contributed by atoms with Crippen LogP contribution in [0.1, 0.15) is 113 Å². The highest BCUT2D eigenvalue weighted by molar-refractivity contribution is 5.87. The molecule has 5 rings (SSSR count). The number of ketones is 1. The molecule has 0 unspecified atom stereocenters. The number of fused-ring (bicyclic) bond motifs is 7. The summed E-state index contributed by atoms with van der Waals surface area (Å²) in [6, 6.07) is 2.94. The molecule has 0 saturated heterocycles. The molecule has 0 heterocycles. The highest BCUT2D eigenvalue weighted by Gasteiger charge is 2.71. The summed E-state index contributed by atoms with van der Waals surface area (Å²) in [6.07, 6.45) is 10.9. The van der Waals surface area contributed by atoms with Gasteiger partial charge in [0.2, 0.25) is 0 Å². The molecule has 0 aromatic heterocycles. The molecular weight excluding hydrogens is 402 g/mol. The van der Waals surface area contributed by atoms with E-state index in [4.69, 9.17) is 0 Å². The van der Waals surface area contributed by atoms with Crippen LogP contribution in [0.15, 0.2) is 0 Å². The van der Waals surface area contributed by atoms with E-state index in [0.717, 1.165) is 19.3 Å². The van der Waals surface area contributed by atoms with E-state index in [1.54, 1.807) is 0 Å². The van der Waals surface area contributed by atoms with Gasteiger partial charge >= 0.3 is 0 Å². The average molecular weight is 452 g/mol. The lowest BCUT2D eigenvalue weighted by Crippen LogP contribution is -2.67. The van der Waals surface area contributed by atoms with Crippen molar-refractivity contribution in [2.24, 2.45) is 68.5 Å². The fraction of sp³-hybridized carbons (Fsp3) is 0.935. The van der Waals surface area contributed by atoms with Gasteiger partial charge in [0.1, 0.15) is 5.78 Å². The van der Waals surface area contributed by atoms with E-state index in [2.05, 4.69) is 61.5 Å². The van der Waals surface area contributed by atoms with Crippen molar-refractivity contribution in [2.75, 3.05) is 0 Å². The molecule has 2 heteroatoms. The van der Waals surface area contributed by atoms with Gasteiger partial charge in [0.25, 0.3) is 0 Å². The second-order valence-electron chi connectivity index (χ2n) is 15.1. The maximum atomic E-state index is 13.2. The van der Waals surface area contributed by atoms with Crippen LogP contribution in [0.2, 0.25) is 0 Å². The fourth-order valence-corrected chi connectivity index (χ4v) is 12.0. The van der Waals surface area contributed by atoms with Crippen molar-refractivity contribution < 1.29 is 4.79 Å². The summed E-state index contributed by atoms with van der Waals surface area (Å²) in [7, 11) is 0. The summed E-state index contributed by atoms with van der Waals surface area (Å²) >= 11 is 0. The summed E-state index contributed by atoms with van der Waals surface area (Å²) in [5.41, 5.74) is 0.651. The Morgan fingerprint density at radius 1 is 0.879 bits per heavy atom. The largest absolute Gasteiger partial charge is 0.299 e. The Balaban J connectivity index is 1.57. The maximum Gasteiger partial charge on any atom is 0.141 e. The Labute approximate surface area is 203 Å². The van der Waals surface area contributed by atoms with Crippen LogP contribution in [-0.4, -0.2) is 5.78 Å². The minimum absolute atomic E-state index is 0.0584. The molecule has 0 aliphatic heterocycles. The smallest absolute Gasteiger partial charge is 0.141 e. The van der Waals surface area contributed by atoms with Gasteiger partial charge < -0.3 is 0 Å². The number of Topliss-reactive ketones (excluding diaryl/α,β-unsaturated/α-hetero) is 1. The third-order valence-electron chi connectivity index (χ3n) is 13.5. The normalized spacial score (nSPS) is 55.2. The van der Waals surface area contributed by atoms with Gasteiger partial charge in [0, 0.05) is 11.3 Å². The quantitative estimate of drug-likeness (QED) is 0.404. The van der Waals surface area contributed by atoms with Gasteiger partial charge in [-0.2, -0.15) is 5.26 Å². The lowest BCUT2D eigenvalue weighted by molar-refractivity contribution is -0.235. The molecule has 10 atom stereocenters. The Morgan fingerprint density at radius 3 is 2.21 bits per heavy atom. The van der Waals surface area contributed by atoms with Crippen molar-refractivity contribution in [3.05, 3.63) is 0 Å². The third kappa shape index (κ3) is 2.75. The van der Waals surface area contributed by atoms with Crippen molar-refractivity contribution in [1.82, 2.24) is 0 Å². The Kier molecular flexibility index (Phi) is 5.14. The van der Waals surface area contributed by atoms with Crippen molar-refractivity contribution in [2.45, 2.75) is 113 Å². The first kappa shape index (κ1) is 23.9. The molecule has 5 aliphatic carbocycles. The van der Waals surface area contributed by atoms with Crippen molar-refractivity contribution in [1.29, 1.82) is 5.26 Å². The molecule has 5 fully saturated rings. The minimum Gasteiger partial charge on any atom is -0.299 e. The number of hydrogen-bond acceptors (Lipinski definition) is 2. The first-order valence-electron chi connectivity index (χ1n) is 14.2. The Hall–Kier alpha value is -0.840. The van der Waals surface area contributed by atoms with Gasteiger partial charge in [-0.1, -0.05) is 55.4 Å². The standard InChI is InChI=1S/C31H49NO/c1-19(2)21-11-14-31(18-32)16-15-29(7)22(25(21)31)9-10-24-28(6)17-20(3)26(33)27(4,5)23(28)12-13-30(24,29)8/h19-25H,9-17H2,1-8H3/t20-,21+,22-,23-,24+,25+,28-,29-,30-,31-/m1/s1. The maximum absolute atomic E-state index is 13.2. The van der Waals surface area contributed by atoms with Crippen molar-refractivity contribution >= 4 is 5.78 Å². The van der Waals surface area contributed by atoms with Gasteiger partial charge in [0.15, 0.2) is 0 Å². The minimum atomic E-state index is -0.192. The first-order chi connectivity index (χ1) is 15.3. The van der Waals surface area contributed by atoms with Crippen molar-refractivity contribution in [3.8, 4) is 6.07 Å². The van der Waals surface area contributed by atoms with Gasteiger partial charge in [-0.25, -0.2) is 0 Å². The number of carbonyl (C=O) groups is 1.